The zero-order valence-electron chi connectivity index (χ0n) is 10.3. The van der Waals surface area contributed by atoms with Crippen LogP contribution in [0.4, 0.5) is 0 Å². The van der Waals surface area contributed by atoms with Crippen molar-refractivity contribution in [1.82, 2.24) is 14.9 Å². The van der Waals surface area contributed by atoms with Gasteiger partial charge in [0.15, 0.2) is 0 Å². The van der Waals surface area contributed by atoms with Gasteiger partial charge < -0.3 is 9.88 Å². The first-order valence-electron chi connectivity index (χ1n) is 6.55. The van der Waals surface area contributed by atoms with Crippen LogP contribution < -0.4 is 5.32 Å². The van der Waals surface area contributed by atoms with E-state index in [1.807, 2.05) is 0 Å². The molecule has 0 unspecified atom stereocenters. The Labute approximate surface area is 97.3 Å². The van der Waals surface area contributed by atoms with Crippen LogP contribution in [0.1, 0.15) is 49.8 Å². The molecule has 2 aliphatic rings. The third kappa shape index (κ3) is 1.27. The van der Waals surface area contributed by atoms with Gasteiger partial charge in [0, 0.05) is 30.7 Å². The molecule has 3 nitrogen and oxygen atoms in total. The standard InChI is InChI=1S/C13H21N3/c1-3-13(6-4-7-13)16-10(2)15-11-9-14-8-5-12(11)16/h14H,3-9H2,1-2H3. The van der Waals surface area contributed by atoms with Crippen LogP contribution in [0.2, 0.25) is 0 Å². The zero-order valence-corrected chi connectivity index (χ0v) is 10.3. The lowest BCUT2D eigenvalue weighted by atomic mass is 9.74. The van der Waals surface area contributed by atoms with Crippen LogP contribution in [0, 0.1) is 6.92 Å². The number of hydrogen-bond acceptors (Lipinski definition) is 2. The summed E-state index contributed by atoms with van der Waals surface area (Å²) >= 11 is 0. The molecule has 0 spiro atoms. The Morgan fingerprint density at radius 1 is 1.44 bits per heavy atom. The Morgan fingerprint density at radius 2 is 2.25 bits per heavy atom. The molecule has 2 heterocycles. The van der Waals surface area contributed by atoms with Gasteiger partial charge in [0.1, 0.15) is 5.82 Å². The molecule has 0 amide bonds. The van der Waals surface area contributed by atoms with E-state index in [1.54, 1.807) is 0 Å². The minimum absolute atomic E-state index is 0.419. The highest BCUT2D eigenvalue weighted by molar-refractivity contribution is 5.23. The first kappa shape index (κ1) is 10.3. The van der Waals surface area contributed by atoms with Gasteiger partial charge in [-0.2, -0.15) is 0 Å². The Balaban J connectivity index is 2.08. The van der Waals surface area contributed by atoms with E-state index >= 15 is 0 Å². The molecule has 1 fully saturated rings. The maximum absolute atomic E-state index is 4.75. The van der Waals surface area contributed by atoms with Gasteiger partial charge in [0.05, 0.1) is 5.69 Å². The maximum Gasteiger partial charge on any atom is 0.106 e. The largest absolute Gasteiger partial charge is 0.326 e. The van der Waals surface area contributed by atoms with E-state index in [-0.39, 0.29) is 0 Å². The summed E-state index contributed by atoms with van der Waals surface area (Å²) in [7, 11) is 0. The highest BCUT2D eigenvalue weighted by atomic mass is 15.2. The number of rotatable bonds is 2. The zero-order chi connectivity index (χ0) is 11.2. The molecule has 1 aliphatic heterocycles. The van der Waals surface area contributed by atoms with Gasteiger partial charge in [-0.25, -0.2) is 4.98 Å². The van der Waals surface area contributed by atoms with E-state index < -0.39 is 0 Å². The monoisotopic (exact) mass is 219 g/mol. The second-order valence-corrected chi connectivity index (χ2v) is 5.25. The first-order chi connectivity index (χ1) is 7.77. The SMILES string of the molecule is CCC1(n2c(C)nc3c2CCNC3)CCC1. The smallest absolute Gasteiger partial charge is 0.106 e. The quantitative estimate of drug-likeness (QED) is 0.825. The highest BCUT2D eigenvalue weighted by Crippen LogP contribution is 2.44. The van der Waals surface area contributed by atoms with E-state index in [2.05, 4.69) is 23.7 Å². The number of imidazole rings is 1. The van der Waals surface area contributed by atoms with Crippen molar-refractivity contribution in [1.29, 1.82) is 0 Å². The lowest BCUT2D eigenvalue weighted by molar-refractivity contribution is 0.128. The van der Waals surface area contributed by atoms with Crippen molar-refractivity contribution in [2.75, 3.05) is 6.54 Å². The van der Waals surface area contributed by atoms with Gasteiger partial charge in [0.2, 0.25) is 0 Å². The maximum atomic E-state index is 4.75. The second-order valence-electron chi connectivity index (χ2n) is 5.25. The van der Waals surface area contributed by atoms with Gasteiger partial charge in [0.25, 0.3) is 0 Å². The molecular weight excluding hydrogens is 198 g/mol. The average molecular weight is 219 g/mol. The molecule has 0 atom stereocenters. The van der Waals surface area contributed by atoms with Crippen molar-refractivity contribution >= 4 is 0 Å². The minimum atomic E-state index is 0.419. The molecule has 1 aromatic rings. The third-order valence-electron chi connectivity index (χ3n) is 4.47. The van der Waals surface area contributed by atoms with Crippen molar-refractivity contribution in [2.45, 2.75) is 58.0 Å². The van der Waals surface area contributed by atoms with E-state index in [0.717, 1.165) is 19.5 Å². The predicted molar refractivity (Wildman–Crippen MR) is 64.5 cm³/mol. The molecule has 88 valence electrons. The number of nitrogens with zero attached hydrogens (tertiary/aromatic N) is 2. The molecule has 0 saturated heterocycles. The van der Waals surface area contributed by atoms with Crippen molar-refractivity contribution < 1.29 is 0 Å². The lowest BCUT2D eigenvalue weighted by Gasteiger charge is -2.44. The summed E-state index contributed by atoms with van der Waals surface area (Å²) in [5.74, 6) is 1.23. The lowest BCUT2D eigenvalue weighted by Crippen LogP contribution is -2.42. The summed E-state index contributed by atoms with van der Waals surface area (Å²) in [5.41, 5.74) is 3.23. The Morgan fingerprint density at radius 3 is 2.88 bits per heavy atom. The fourth-order valence-corrected chi connectivity index (χ4v) is 3.40. The average Bonchev–Trinajstić information content (AvgIpc) is 2.56. The van der Waals surface area contributed by atoms with Crippen molar-refractivity contribution in [3.8, 4) is 0 Å². The highest BCUT2D eigenvalue weighted by Gasteiger charge is 2.40. The topological polar surface area (TPSA) is 29.9 Å². The molecule has 16 heavy (non-hydrogen) atoms. The van der Waals surface area contributed by atoms with Crippen LogP contribution in [0.3, 0.4) is 0 Å². The molecular formula is C13H21N3. The molecule has 0 aromatic carbocycles. The van der Waals surface area contributed by atoms with E-state index in [0.29, 0.717) is 5.54 Å². The Hall–Kier alpha value is -0.830. The summed E-state index contributed by atoms with van der Waals surface area (Å²) in [6, 6.07) is 0. The van der Waals surface area contributed by atoms with Gasteiger partial charge >= 0.3 is 0 Å². The molecule has 3 heteroatoms. The number of hydrogen-bond donors (Lipinski definition) is 1. The molecule has 0 bridgehead atoms. The predicted octanol–water partition coefficient (Wildman–Crippen LogP) is 2.13. The summed E-state index contributed by atoms with van der Waals surface area (Å²) in [4.78, 5) is 4.75. The number of aryl methyl sites for hydroxylation is 1. The van der Waals surface area contributed by atoms with Crippen molar-refractivity contribution in [2.24, 2.45) is 0 Å². The fraction of sp³-hybridized carbons (Fsp3) is 0.769. The van der Waals surface area contributed by atoms with Crippen LogP contribution in [0.5, 0.6) is 0 Å². The van der Waals surface area contributed by atoms with Gasteiger partial charge in [-0.05, 0) is 32.6 Å². The second kappa shape index (κ2) is 3.59. The number of nitrogens with one attached hydrogen (secondary N) is 1. The van der Waals surface area contributed by atoms with E-state index in [9.17, 15) is 0 Å². The normalized spacial score (nSPS) is 22.6. The fourth-order valence-electron chi connectivity index (χ4n) is 3.40. The summed E-state index contributed by atoms with van der Waals surface area (Å²) in [5, 5.41) is 3.41. The van der Waals surface area contributed by atoms with Gasteiger partial charge in [-0.3, -0.25) is 0 Å². The Bertz CT molecular complexity index is 396. The Kier molecular flexibility index (Phi) is 2.32. The number of fused-ring (bicyclic) bond motifs is 1. The van der Waals surface area contributed by atoms with Crippen LogP contribution in [0.15, 0.2) is 0 Å². The molecule has 0 radical (unpaired) electrons. The summed E-state index contributed by atoms with van der Waals surface area (Å²) in [6.07, 6.45) is 6.49. The third-order valence-corrected chi connectivity index (χ3v) is 4.47. The van der Waals surface area contributed by atoms with Crippen LogP contribution in [-0.2, 0) is 18.5 Å². The molecule has 1 N–H and O–H groups in total. The van der Waals surface area contributed by atoms with Crippen molar-refractivity contribution in [3.05, 3.63) is 17.2 Å². The van der Waals surface area contributed by atoms with E-state index in [4.69, 9.17) is 4.98 Å². The molecule has 1 aliphatic carbocycles. The van der Waals surface area contributed by atoms with Gasteiger partial charge in [-0.1, -0.05) is 6.92 Å². The van der Waals surface area contributed by atoms with Crippen LogP contribution in [-0.4, -0.2) is 16.1 Å². The van der Waals surface area contributed by atoms with Crippen molar-refractivity contribution in [3.63, 3.8) is 0 Å². The number of aromatic nitrogens is 2. The minimum Gasteiger partial charge on any atom is -0.326 e. The molecule has 1 aromatic heterocycles. The molecule has 1 saturated carbocycles. The van der Waals surface area contributed by atoms with Gasteiger partial charge in [-0.15, -0.1) is 0 Å². The van der Waals surface area contributed by atoms with Crippen LogP contribution in [0.25, 0.3) is 0 Å². The summed E-state index contributed by atoms with van der Waals surface area (Å²) < 4.78 is 2.58. The molecule has 3 rings (SSSR count). The first-order valence-corrected chi connectivity index (χ1v) is 6.55. The van der Waals surface area contributed by atoms with Crippen LogP contribution >= 0.6 is 0 Å². The summed E-state index contributed by atoms with van der Waals surface area (Å²) in [6.45, 7) is 6.57. The van der Waals surface area contributed by atoms with E-state index in [1.165, 1.54) is 42.9 Å².